The van der Waals surface area contributed by atoms with Crippen molar-refractivity contribution in [3.05, 3.63) is 0 Å². The highest BCUT2D eigenvalue weighted by atomic mass is 32.2. The van der Waals surface area contributed by atoms with Crippen molar-refractivity contribution in [1.29, 1.82) is 0 Å². The number of hydrogen-bond donors (Lipinski definition) is 1. The lowest BCUT2D eigenvalue weighted by Gasteiger charge is -2.40. The van der Waals surface area contributed by atoms with Gasteiger partial charge in [0.05, 0.1) is 13.2 Å². The van der Waals surface area contributed by atoms with E-state index in [9.17, 15) is 8.42 Å². The van der Waals surface area contributed by atoms with Gasteiger partial charge in [0.15, 0.2) is 9.84 Å². The van der Waals surface area contributed by atoms with Gasteiger partial charge in [0.25, 0.3) is 0 Å². The summed E-state index contributed by atoms with van der Waals surface area (Å²) < 4.78 is 29.9. The molecule has 0 saturated carbocycles. The zero-order chi connectivity index (χ0) is 14.1. The molecule has 2 heterocycles. The summed E-state index contributed by atoms with van der Waals surface area (Å²) in [4.78, 5) is 2.10. The number of rotatable bonds is 4. The first-order chi connectivity index (χ1) is 8.89. The summed E-state index contributed by atoms with van der Waals surface area (Å²) in [7, 11) is -3.03. The van der Waals surface area contributed by atoms with E-state index in [2.05, 4.69) is 11.8 Å². The van der Waals surface area contributed by atoms with Gasteiger partial charge < -0.3 is 10.5 Å². The smallest absolute Gasteiger partial charge is 0.166 e. The first-order valence-corrected chi connectivity index (χ1v) is 9.63. The summed E-state index contributed by atoms with van der Waals surface area (Å²) in [6.07, 6.45) is 0. The summed E-state index contributed by atoms with van der Waals surface area (Å²) in [5.74, 6) is 1.86. The van der Waals surface area contributed by atoms with Gasteiger partial charge in [-0.25, -0.2) is 8.42 Å². The van der Waals surface area contributed by atoms with Gasteiger partial charge >= 0.3 is 0 Å². The first-order valence-electron chi connectivity index (χ1n) is 6.76. The molecular formula is C12H24N2O3S2. The van der Waals surface area contributed by atoms with Crippen LogP contribution in [0.25, 0.3) is 0 Å². The minimum atomic E-state index is -3.03. The number of nitrogens with two attached hydrogens (primary N) is 1. The van der Waals surface area contributed by atoms with Crippen LogP contribution in [0.1, 0.15) is 13.8 Å². The van der Waals surface area contributed by atoms with Gasteiger partial charge in [-0.15, -0.1) is 0 Å². The van der Waals surface area contributed by atoms with Crippen LogP contribution >= 0.6 is 11.8 Å². The van der Waals surface area contributed by atoms with Crippen LogP contribution in [0.4, 0.5) is 0 Å². The molecule has 112 valence electrons. The van der Waals surface area contributed by atoms with E-state index < -0.39 is 9.84 Å². The predicted octanol–water partition coefficient (Wildman–Crippen LogP) is 0.160. The van der Waals surface area contributed by atoms with E-state index in [0.717, 1.165) is 12.3 Å². The minimum absolute atomic E-state index is 0.00735. The van der Waals surface area contributed by atoms with E-state index in [1.807, 2.05) is 0 Å². The number of ether oxygens (including phenoxy) is 1. The van der Waals surface area contributed by atoms with Crippen LogP contribution in [-0.4, -0.2) is 68.3 Å². The lowest BCUT2D eigenvalue weighted by atomic mass is 9.85. The molecule has 3 unspecified atom stereocenters. The Kier molecular flexibility index (Phi) is 4.83. The molecule has 0 amide bonds. The highest BCUT2D eigenvalue weighted by Crippen LogP contribution is 2.31. The average Bonchev–Trinajstić information content (AvgIpc) is 2.70. The SMILES string of the molecule is CCS(=O)(=O)C1CSCCN1CC1(C)COCC1N. The van der Waals surface area contributed by atoms with Crippen LogP contribution in [0.2, 0.25) is 0 Å². The Labute approximate surface area is 120 Å². The Balaban J connectivity index is 2.12. The zero-order valence-corrected chi connectivity index (χ0v) is 13.3. The molecule has 19 heavy (non-hydrogen) atoms. The fourth-order valence-corrected chi connectivity index (χ4v) is 5.75. The molecule has 0 radical (unpaired) electrons. The summed E-state index contributed by atoms with van der Waals surface area (Å²) in [6, 6.07) is -0.00735. The second-order valence-corrected chi connectivity index (χ2v) is 9.32. The van der Waals surface area contributed by atoms with Gasteiger partial charge in [-0.05, 0) is 0 Å². The fraction of sp³-hybridized carbons (Fsp3) is 1.00. The van der Waals surface area contributed by atoms with E-state index in [4.69, 9.17) is 10.5 Å². The normalized spacial score (nSPS) is 37.6. The number of sulfone groups is 1. The Morgan fingerprint density at radius 1 is 1.53 bits per heavy atom. The topological polar surface area (TPSA) is 72.6 Å². The monoisotopic (exact) mass is 308 g/mol. The van der Waals surface area contributed by atoms with Crippen molar-refractivity contribution in [2.24, 2.45) is 11.1 Å². The molecule has 2 N–H and O–H groups in total. The fourth-order valence-electron chi connectivity index (χ4n) is 2.67. The standard InChI is InChI=1S/C12H24N2O3S2/c1-3-19(15,16)11-7-18-5-4-14(11)8-12(2)9-17-6-10(12)13/h10-11H,3-9,13H2,1-2H3. The molecule has 2 aliphatic rings. The van der Waals surface area contributed by atoms with Gasteiger partial charge in [-0.2, -0.15) is 11.8 Å². The van der Waals surface area contributed by atoms with Crippen LogP contribution in [0.3, 0.4) is 0 Å². The van der Waals surface area contributed by atoms with Gasteiger partial charge in [0, 0.05) is 41.8 Å². The highest BCUT2D eigenvalue weighted by molar-refractivity contribution is 8.01. The largest absolute Gasteiger partial charge is 0.379 e. The molecule has 0 spiro atoms. The number of nitrogens with zero attached hydrogens (tertiary/aromatic N) is 1. The van der Waals surface area contributed by atoms with E-state index in [-0.39, 0.29) is 22.6 Å². The second kappa shape index (κ2) is 5.89. The molecule has 3 atom stereocenters. The maximum absolute atomic E-state index is 12.2. The Morgan fingerprint density at radius 3 is 2.84 bits per heavy atom. The maximum Gasteiger partial charge on any atom is 0.166 e. The molecule has 0 aromatic heterocycles. The summed E-state index contributed by atoms with van der Waals surface area (Å²) in [5.41, 5.74) is 5.98. The molecule has 7 heteroatoms. The van der Waals surface area contributed by atoms with Crippen molar-refractivity contribution in [3.63, 3.8) is 0 Å². The van der Waals surface area contributed by atoms with E-state index in [1.165, 1.54) is 0 Å². The summed E-state index contributed by atoms with van der Waals surface area (Å²) >= 11 is 1.72. The van der Waals surface area contributed by atoms with Gasteiger partial charge in [-0.1, -0.05) is 13.8 Å². The zero-order valence-electron chi connectivity index (χ0n) is 11.7. The third kappa shape index (κ3) is 3.26. The van der Waals surface area contributed by atoms with Crippen LogP contribution < -0.4 is 5.73 Å². The van der Waals surface area contributed by atoms with Crippen molar-refractivity contribution in [2.75, 3.05) is 43.6 Å². The predicted molar refractivity (Wildman–Crippen MR) is 79.0 cm³/mol. The molecule has 0 aromatic carbocycles. The molecular weight excluding hydrogens is 284 g/mol. The molecule has 2 fully saturated rings. The highest BCUT2D eigenvalue weighted by Gasteiger charge is 2.42. The van der Waals surface area contributed by atoms with Crippen molar-refractivity contribution in [2.45, 2.75) is 25.3 Å². The molecule has 5 nitrogen and oxygen atoms in total. The van der Waals surface area contributed by atoms with Crippen molar-refractivity contribution < 1.29 is 13.2 Å². The Hall–Kier alpha value is 0.180. The van der Waals surface area contributed by atoms with Crippen LogP contribution in [-0.2, 0) is 14.6 Å². The molecule has 0 aromatic rings. The minimum Gasteiger partial charge on any atom is -0.379 e. The van der Waals surface area contributed by atoms with E-state index >= 15 is 0 Å². The molecule has 0 aliphatic carbocycles. The lowest BCUT2D eigenvalue weighted by Crippen LogP contribution is -2.54. The first kappa shape index (κ1) is 15.6. The lowest BCUT2D eigenvalue weighted by molar-refractivity contribution is 0.117. The van der Waals surface area contributed by atoms with Gasteiger partial charge in [0.2, 0.25) is 0 Å². The van der Waals surface area contributed by atoms with Gasteiger partial charge in [0.1, 0.15) is 5.37 Å². The van der Waals surface area contributed by atoms with Crippen molar-refractivity contribution >= 4 is 21.6 Å². The molecule has 2 rings (SSSR count). The Bertz CT molecular complexity index is 415. The Morgan fingerprint density at radius 2 is 2.26 bits per heavy atom. The van der Waals surface area contributed by atoms with Crippen LogP contribution in [0.15, 0.2) is 0 Å². The average molecular weight is 308 g/mol. The maximum atomic E-state index is 12.2. The van der Waals surface area contributed by atoms with Crippen LogP contribution in [0.5, 0.6) is 0 Å². The quantitative estimate of drug-likeness (QED) is 0.797. The van der Waals surface area contributed by atoms with Crippen LogP contribution in [0, 0.1) is 5.41 Å². The third-order valence-electron chi connectivity index (χ3n) is 4.20. The van der Waals surface area contributed by atoms with Crippen molar-refractivity contribution in [1.82, 2.24) is 4.90 Å². The molecule has 2 aliphatic heterocycles. The molecule has 0 bridgehead atoms. The molecule has 2 saturated heterocycles. The van der Waals surface area contributed by atoms with Gasteiger partial charge in [-0.3, -0.25) is 4.90 Å². The summed E-state index contributed by atoms with van der Waals surface area (Å²) in [6.45, 7) is 6.54. The summed E-state index contributed by atoms with van der Waals surface area (Å²) in [5, 5.41) is -0.360. The van der Waals surface area contributed by atoms with Crippen molar-refractivity contribution in [3.8, 4) is 0 Å². The number of hydrogen-bond acceptors (Lipinski definition) is 6. The number of thioether (sulfide) groups is 1. The third-order valence-corrected chi connectivity index (χ3v) is 7.53. The van der Waals surface area contributed by atoms with E-state index in [0.29, 0.717) is 25.5 Å². The second-order valence-electron chi connectivity index (χ2n) is 5.73. The van der Waals surface area contributed by atoms with E-state index in [1.54, 1.807) is 18.7 Å².